The number of hydrogen-bond donors (Lipinski definition) is 0. The van der Waals surface area contributed by atoms with Crippen molar-refractivity contribution in [1.82, 2.24) is 4.90 Å². The molecule has 0 saturated carbocycles. The molecule has 3 aromatic rings. The largest absolute Gasteiger partial charge is 0.341 e. The summed E-state index contributed by atoms with van der Waals surface area (Å²) in [4.78, 5) is 15.3. The van der Waals surface area contributed by atoms with Crippen molar-refractivity contribution in [1.29, 1.82) is 0 Å². The van der Waals surface area contributed by atoms with E-state index in [4.69, 9.17) is 0 Å². The number of nitrogens with zero attached hydrogens (tertiary/aromatic N) is 2. The minimum absolute atomic E-state index is 0.157. The molecule has 1 fully saturated rings. The van der Waals surface area contributed by atoms with E-state index in [0.29, 0.717) is 24.7 Å². The first kappa shape index (κ1) is 23.1. The molecule has 0 unspecified atom stereocenters. The van der Waals surface area contributed by atoms with Crippen LogP contribution in [-0.4, -0.2) is 38.9 Å². The summed E-state index contributed by atoms with van der Waals surface area (Å²) in [5.74, 6) is 0.382. The van der Waals surface area contributed by atoms with Gasteiger partial charge < -0.3 is 4.90 Å². The van der Waals surface area contributed by atoms with Crippen molar-refractivity contribution in [2.45, 2.75) is 31.1 Å². The average molecular weight is 463 g/mol. The van der Waals surface area contributed by atoms with Crippen LogP contribution in [0.5, 0.6) is 0 Å². The Bertz CT molecular complexity index is 1170. The number of hydrogen-bond acceptors (Lipinski definition) is 3. The highest BCUT2D eigenvalue weighted by molar-refractivity contribution is 7.92. The van der Waals surface area contributed by atoms with Crippen LogP contribution in [0.4, 0.5) is 5.69 Å². The lowest BCUT2D eigenvalue weighted by molar-refractivity contribution is -0.130. The summed E-state index contributed by atoms with van der Waals surface area (Å²) in [5.41, 5.74) is 2.67. The lowest BCUT2D eigenvalue weighted by Crippen LogP contribution is -2.46. The summed E-state index contributed by atoms with van der Waals surface area (Å²) in [5, 5.41) is 0. The minimum atomic E-state index is -3.88. The first-order valence-electron chi connectivity index (χ1n) is 11.4. The van der Waals surface area contributed by atoms with E-state index in [9.17, 15) is 13.2 Å². The van der Waals surface area contributed by atoms with Gasteiger partial charge in [0.15, 0.2) is 0 Å². The number of amides is 1. The number of sulfonamides is 1. The molecule has 3 aromatic carbocycles. The molecule has 0 aliphatic carbocycles. The number of anilines is 1. The van der Waals surface area contributed by atoms with Crippen molar-refractivity contribution in [2.75, 3.05) is 23.9 Å². The van der Waals surface area contributed by atoms with Gasteiger partial charge in [0.2, 0.25) is 5.91 Å². The fraction of sp³-hybridized carbons (Fsp3) is 0.296. The third kappa shape index (κ3) is 5.45. The average Bonchev–Trinajstić information content (AvgIpc) is 2.84. The molecule has 1 aliphatic heterocycles. The van der Waals surface area contributed by atoms with Gasteiger partial charge in [-0.05, 0) is 61.4 Å². The van der Waals surface area contributed by atoms with E-state index in [0.717, 1.165) is 24.8 Å². The molecule has 5 nitrogen and oxygen atoms in total. The van der Waals surface area contributed by atoms with E-state index in [2.05, 4.69) is 24.3 Å². The van der Waals surface area contributed by atoms with Gasteiger partial charge in [0.25, 0.3) is 10.0 Å². The fourth-order valence-electron chi connectivity index (χ4n) is 4.42. The summed E-state index contributed by atoms with van der Waals surface area (Å²) in [7, 11) is -3.88. The van der Waals surface area contributed by atoms with Crippen molar-refractivity contribution < 1.29 is 13.2 Å². The molecule has 1 saturated heterocycles. The zero-order valence-electron chi connectivity index (χ0n) is 18.9. The highest BCUT2D eigenvalue weighted by Crippen LogP contribution is 2.28. The summed E-state index contributed by atoms with van der Waals surface area (Å²) in [6.07, 6.45) is 2.87. The van der Waals surface area contributed by atoms with E-state index >= 15 is 0 Å². The Morgan fingerprint density at radius 1 is 0.879 bits per heavy atom. The second-order valence-electron chi connectivity index (χ2n) is 8.63. The van der Waals surface area contributed by atoms with Gasteiger partial charge in [-0.25, -0.2) is 8.42 Å². The summed E-state index contributed by atoms with van der Waals surface area (Å²) >= 11 is 0. The number of aryl methyl sites for hydroxylation is 1. The molecule has 172 valence electrons. The number of likely N-dealkylation sites (tertiary alicyclic amines) is 1. The van der Waals surface area contributed by atoms with Gasteiger partial charge in [-0.3, -0.25) is 9.10 Å². The molecule has 0 bridgehead atoms. The van der Waals surface area contributed by atoms with Crippen molar-refractivity contribution in [3.8, 4) is 0 Å². The van der Waals surface area contributed by atoms with Gasteiger partial charge in [0.05, 0.1) is 10.6 Å². The lowest BCUT2D eigenvalue weighted by atomic mass is 9.90. The predicted molar refractivity (Wildman–Crippen MR) is 132 cm³/mol. The maximum absolute atomic E-state index is 13.5. The molecule has 0 atom stereocenters. The van der Waals surface area contributed by atoms with Gasteiger partial charge in [0.1, 0.15) is 6.54 Å². The Hall–Kier alpha value is -3.12. The van der Waals surface area contributed by atoms with Crippen LogP contribution in [0, 0.1) is 12.8 Å². The number of benzene rings is 3. The quantitative estimate of drug-likeness (QED) is 0.513. The Morgan fingerprint density at radius 2 is 1.45 bits per heavy atom. The van der Waals surface area contributed by atoms with Gasteiger partial charge >= 0.3 is 0 Å². The zero-order chi connectivity index (χ0) is 23.3. The second-order valence-corrected chi connectivity index (χ2v) is 10.5. The number of carbonyl (C=O) groups is 1. The third-order valence-corrected chi connectivity index (χ3v) is 8.10. The second kappa shape index (κ2) is 10.2. The zero-order valence-corrected chi connectivity index (χ0v) is 19.7. The molecule has 0 N–H and O–H groups in total. The van der Waals surface area contributed by atoms with Crippen LogP contribution in [0.1, 0.15) is 24.0 Å². The molecular weight excluding hydrogens is 432 g/mol. The highest BCUT2D eigenvalue weighted by Gasteiger charge is 2.31. The van der Waals surface area contributed by atoms with Crippen LogP contribution < -0.4 is 4.31 Å². The summed E-state index contributed by atoms with van der Waals surface area (Å²) < 4.78 is 28.3. The van der Waals surface area contributed by atoms with Crippen LogP contribution in [0.3, 0.4) is 0 Å². The van der Waals surface area contributed by atoms with Crippen molar-refractivity contribution >= 4 is 21.6 Å². The van der Waals surface area contributed by atoms with Crippen molar-refractivity contribution in [3.05, 3.63) is 96.1 Å². The Kier molecular flexibility index (Phi) is 7.14. The molecule has 0 spiro atoms. The standard InChI is InChI=1S/C27H30N2O3S/c1-22-10-8-9-15-26(22)29(33(31,32)25-13-6-3-7-14-25)21-27(30)28-18-16-24(17-19-28)20-23-11-4-2-5-12-23/h2-15,24H,16-21H2,1H3. The van der Waals surface area contributed by atoms with E-state index in [1.54, 1.807) is 42.5 Å². The molecule has 0 aromatic heterocycles. The van der Waals surface area contributed by atoms with E-state index in [-0.39, 0.29) is 17.3 Å². The fourth-order valence-corrected chi connectivity index (χ4v) is 5.92. The van der Waals surface area contributed by atoms with E-state index in [1.807, 2.05) is 30.0 Å². The smallest absolute Gasteiger partial charge is 0.264 e. The topological polar surface area (TPSA) is 57.7 Å². The molecule has 4 rings (SSSR count). The Morgan fingerprint density at radius 3 is 2.09 bits per heavy atom. The monoisotopic (exact) mass is 462 g/mol. The molecule has 1 amide bonds. The normalized spacial score (nSPS) is 14.8. The maximum atomic E-state index is 13.5. The Labute approximate surface area is 196 Å². The van der Waals surface area contributed by atoms with E-state index in [1.165, 1.54) is 9.87 Å². The van der Waals surface area contributed by atoms with Crippen molar-refractivity contribution in [3.63, 3.8) is 0 Å². The van der Waals surface area contributed by atoms with Crippen LogP contribution >= 0.6 is 0 Å². The van der Waals surface area contributed by atoms with Gasteiger partial charge in [-0.1, -0.05) is 66.7 Å². The maximum Gasteiger partial charge on any atom is 0.264 e. The van der Waals surface area contributed by atoms with E-state index < -0.39 is 10.0 Å². The predicted octanol–water partition coefficient (Wildman–Crippen LogP) is 4.67. The SMILES string of the molecule is Cc1ccccc1N(CC(=O)N1CCC(Cc2ccccc2)CC1)S(=O)(=O)c1ccccc1. The number of para-hydroxylation sites is 1. The van der Waals surface area contributed by atoms with Crippen molar-refractivity contribution in [2.24, 2.45) is 5.92 Å². The number of rotatable bonds is 7. The molecule has 1 heterocycles. The number of carbonyl (C=O) groups excluding carboxylic acids is 1. The summed E-state index contributed by atoms with van der Waals surface area (Å²) in [6, 6.07) is 26.0. The lowest BCUT2D eigenvalue weighted by Gasteiger charge is -2.34. The third-order valence-electron chi connectivity index (χ3n) is 6.33. The molecular formula is C27H30N2O3S. The summed E-state index contributed by atoms with van der Waals surface area (Å²) in [6.45, 7) is 2.97. The number of piperidine rings is 1. The van der Waals surface area contributed by atoms with Crippen LogP contribution in [0.2, 0.25) is 0 Å². The van der Waals surface area contributed by atoms with Gasteiger partial charge in [-0.2, -0.15) is 0 Å². The highest BCUT2D eigenvalue weighted by atomic mass is 32.2. The first-order chi connectivity index (χ1) is 15.9. The van der Waals surface area contributed by atoms with Crippen LogP contribution in [0.15, 0.2) is 89.8 Å². The Balaban J connectivity index is 1.49. The molecule has 0 radical (unpaired) electrons. The van der Waals surface area contributed by atoms with Crippen LogP contribution in [0.25, 0.3) is 0 Å². The van der Waals surface area contributed by atoms with Crippen LogP contribution in [-0.2, 0) is 21.2 Å². The first-order valence-corrected chi connectivity index (χ1v) is 12.8. The van der Waals surface area contributed by atoms with Gasteiger partial charge in [0, 0.05) is 13.1 Å². The molecule has 6 heteroatoms. The molecule has 33 heavy (non-hydrogen) atoms. The minimum Gasteiger partial charge on any atom is -0.341 e. The molecule has 1 aliphatic rings. The van der Waals surface area contributed by atoms with Gasteiger partial charge in [-0.15, -0.1) is 0 Å².